The zero-order chi connectivity index (χ0) is 11.7. The molecule has 16 heavy (non-hydrogen) atoms. The fraction of sp³-hybridized carbons (Fsp3) is 0.667. The highest BCUT2D eigenvalue weighted by Gasteiger charge is 2.18. The molecule has 1 aliphatic heterocycles. The van der Waals surface area contributed by atoms with Crippen molar-refractivity contribution in [3.8, 4) is 0 Å². The van der Waals surface area contributed by atoms with E-state index in [0.29, 0.717) is 12.5 Å². The van der Waals surface area contributed by atoms with Crippen molar-refractivity contribution in [2.75, 3.05) is 0 Å². The topological polar surface area (TPSA) is 60.9 Å². The number of fused-ring (bicyclic) bond motifs is 1. The molecule has 4 nitrogen and oxygen atoms in total. The molecular weight excluding hydrogens is 202 g/mol. The van der Waals surface area contributed by atoms with Gasteiger partial charge in [0.05, 0.1) is 0 Å². The molecule has 2 N–H and O–H groups in total. The van der Waals surface area contributed by atoms with Crippen molar-refractivity contribution in [3.05, 3.63) is 27.9 Å². The molecule has 1 atom stereocenters. The number of rotatable bonds is 2. The van der Waals surface area contributed by atoms with Gasteiger partial charge in [-0.2, -0.15) is 0 Å². The third kappa shape index (κ3) is 2.32. The molecule has 2 rings (SSSR count). The van der Waals surface area contributed by atoms with Crippen LogP contribution in [-0.2, 0) is 19.4 Å². The number of hydrogen-bond acceptors (Lipinski definition) is 3. The molecule has 4 heteroatoms. The van der Waals surface area contributed by atoms with E-state index < -0.39 is 0 Å². The van der Waals surface area contributed by atoms with E-state index >= 15 is 0 Å². The molecule has 1 unspecified atom stereocenters. The Bertz CT molecular complexity index is 436. The fourth-order valence-corrected chi connectivity index (χ4v) is 2.16. The Kier molecular flexibility index (Phi) is 3.10. The van der Waals surface area contributed by atoms with Crippen molar-refractivity contribution < 1.29 is 0 Å². The fourth-order valence-electron chi connectivity index (χ4n) is 2.16. The van der Waals surface area contributed by atoms with E-state index in [4.69, 9.17) is 5.73 Å². The first-order valence-electron chi connectivity index (χ1n) is 5.91. The van der Waals surface area contributed by atoms with Crippen LogP contribution in [0.25, 0.3) is 0 Å². The maximum Gasteiger partial charge on any atom is 0.253 e. The third-order valence-corrected chi connectivity index (χ3v) is 2.91. The van der Waals surface area contributed by atoms with Gasteiger partial charge in [0.25, 0.3) is 5.56 Å². The van der Waals surface area contributed by atoms with E-state index in [1.807, 2.05) is 0 Å². The lowest BCUT2D eigenvalue weighted by molar-refractivity contribution is 0.431. The lowest BCUT2D eigenvalue weighted by atomic mass is 10.1. The lowest BCUT2D eigenvalue weighted by Crippen LogP contribution is -2.39. The molecule has 1 aliphatic rings. The molecule has 2 heterocycles. The Morgan fingerprint density at radius 1 is 1.62 bits per heavy atom. The van der Waals surface area contributed by atoms with Crippen LogP contribution >= 0.6 is 0 Å². The zero-order valence-corrected chi connectivity index (χ0v) is 9.94. The second-order valence-electron chi connectivity index (χ2n) is 5.01. The molecule has 0 saturated carbocycles. The molecule has 0 radical (unpaired) electrons. The molecule has 1 aromatic rings. The second kappa shape index (κ2) is 4.37. The van der Waals surface area contributed by atoms with Crippen molar-refractivity contribution in [1.29, 1.82) is 0 Å². The van der Waals surface area contributed by atoms with E-state index in [-0.39, 0.29) is 11.6 Å². The summed E-state index contributed by atoms with van der Waals surface area (Å²) < 4.78 is 1.72. The minimum atomic E-state index is 0.0517. The monoisotopic (exact) mass is 221 g/mol. The van der Waals surface area contributed by atoms with Gasteiger partial charge in [-0.1, -0.05) is 13.8 Å². The maximum atomic E-state index is 11.9. The number of nitrogens with zero attached hydrogens (tertiary/aromatic N) is 2. The SMILES string of the molecule is CC(C)Cc1cc(=O)n2c(n1)CCC(N)C2. The summed E-state index contributed by atoms with van der Waals surface area (Å²) in [6, 6.07) is 1.75. The second-order valence-corrected chi connectivity index (χ2v) is 5.01. The summed E-state index contributed by atoms with van der Waals surface area (Å²) in [5.41, 5.74) is 6.82. The first kappa shape index (κ1) is 11.3. The van der Waals surface area contributed by atoms with E-state index in [1.54, 1.807) is 10.6 Å². The predicted molar refractivity (Wildman–Crippen MR) is 63.3 cm³/mol. The molecule has 0 bridgehead atoms. The van der Waals surface area contributed by atoms with Gasteiger partial charge in [0, 0.05) is 30.8 Å². The molecule has 0 saturated heterocycles. The Labute approximate surface area is 95.5 Å². The van der Waals surface area contributed by atoms with Gasteiger partial charge in [0.2, 0.25) is 0 Å². The smallest absolute Gasteiger partial charge is 0.253 e. The predicted octanol–water partition coefficient (Wildman–Crippen LogP) is 0.715. The lowest BCUT2D eigenvalue weighted by Gasteiger charge is -2.23. The van der Waals surface area contributed by atoms with Crippen molar-refractivity contribution in [2.45, 2.75) is 45.7 Å². The van der Waals surface area contributed by atoms with Gasteiger partial charge in [-0.3, -0.25) is 9.36 Å². The first-order chi connectivity index (χ1) is 7.56. The van der Waals surface area contributed by atoms with Gasteiger partial charge in [-0.05, 0) is 18.8 Å². The number of aryl methyl sites for hydroxylation is 1. The highest BCUT2D eigenvalue weighted by molar-refractivity contribution is 5.08. The van der Waals surface area contributed by atoms with Crippen LogP contribution in [0.15, 0.2) is 10.9 Å². The van der Waals surface area contributed by atoms with Gasteiger partial charge < -0.3 is 5.73 Å². The quantitative estimate of drug-likeness (QED) is 0.800. The summed E-state index contributed by atoms with van der Waals surface area (Å²) in [7, 11) is 0. The summed E-state index contributed by atoms with van der Waals surface area (Å²) in [5.74, 6) is 1.44. The van der Waals surface area contributed by atoms with Gasteiger partial charge in [-0.25, -0.2) is 4.98 Å². The molecule has 88 valence electrons. The standard InChI is InChI=1S/C12H19N3O/c1-8(2)5-10-6-12(16)15-7-9(13)3-4-11(15)14-10/h6,8-9H,3-5,7,13H2,1-2H3. The van der Waals surface area contributed by atoms with Gasteiger partial charge >= 0.3 is 0 Å². The van der Waals surface area contributed by atoms with Crippen LogP contribution in [0.3, 0.4) is 0 Å². The molecule has 1 aromatic heterocycles. The first-order valence-corrected chi connectivity index (χ1v) is 5.91. The summed E-state index contributed by atoms with van der Waals surface area (Å²) in [6.07, 6.45) is 2.62. The van der Waals surface area contributed by atoms with Crippen LogP contribution in [-0.4, -0.2) is 15.6 Å². The molecular formula is C12H19N3O. The average molecular weight is 221 g/mol. The Hall–Kier alpha value is -1.16. The Morgan fingerprint density at radius 3 is 3.06 bits per heavy atom. The molecule has 0 fully saturated rings. The van der Waals surface area contributed by atoms with Crippen LogP contribution in [0.2, 0.25) is 0 Å². The van der Waals surface area contributed by atoms with Crippen LogP contribution < -0.4 is 11.3 Å². The minimum absolute atomic E-state index is 0.0517. The maximum absolute atomic E-state index is 11.9. The van der Waals surface area contributed by atoms with Crippen molar-refractivity contribution in [2.24, 2.45) is 11.7 Å². The summed E-state index contributed by atoms with van der Waals surface area (Å²) in [4.78, 5) is 16.4. The van der Waals surface area contributed by atoms with Gasteiger partial charge in [0.15, 0.2) is 0 Å². The average Bonchev–Trinajstić information content (AvgIpc) is 2.18. The number of nitrogens with two attached hydrogens (primary N) is 1. The largest absolute Gasteiger partial charge is 0.326 e. The Balaban J connectivity index is 2.35. The number of hydrogen-bond donors (Lipinski definition) is 1. The third-order valence-electron chi connectivity index (χ3n) is 2.91. The van der Waals surface area contributed by atoms with Crippen LogP contribution in [0, 0.1) is 5.92 Å². The van der Waals surface area contributed by atoms with Crippen LogP contribution in [0.5, 0.6) is 0 Å². The molecule has 0 amide bonds. The van der Waals surface area contributed by atoms with Crippen molar-refractivity contribution in [3.63, 3.8) is 0 Å². The van der Waals surface area contributed by atoms with E-state index in [2.05, 4.69) is 18.8 Å². The van der Waals surface area contributed by atoms with E-state index in [9.17, 15) is 4.79 Å². The number of aromatic nitrogens is 2. The van der Waals surface area contributed by atoms with Crippen LogP contribution in [0.4, 0.5) is 0 Å². The molecule has 0 aromatic carbocycles. The zero-order valence-electron chi connectivity index (χ0n) is 9.94. The van der Waals surface area contributed by atoms with Gasteiger partial charge in [-0.15, -0.1) is 0 Å². The normalized spacial score (nSPS) is 19.9. The summed E-state index contributed by atoms with van der Waals surface area (Å²) >= 11 is 0. The Morgan fingerprint density at radius 2 is 2.38 bits per heavy atom. The van der Waals surface area contributed by atoms with Gasteiger partial charge in [0.1, 0.15) is 5.82 Å². The molecule has 0 spiro atoms. The van der Waals surface area contributed by atoms with Crippen LogP contribution in [0.1, 0.15) is 31.8 Å². The summed E-state index contributed by atoms with van der Waals surface area (Å²) in [6.45, 7) is 4.88. The van der Waals surface area contributed by atoms with E-state index in [1.165, 1.54) is 0 Å². The minimum Gasteiger partial charge on any atom is -0.326 e. The van der Waals surface area contributed by atoms with Crippen molar-refractivity contribution >= 4 is 0 Å². The summed E-state index contributed by atoms with van der Waals surface area (Å²) in [5, 5.41) is 0. The molecule has 0 aliphatic carbocycles. The van der Waals surface area contributed by atoms with Crippen molar-refractivity contribution in [1.82, 2.24) is 9.55 Å². The highest BCUT2D eigenvalue weighted by atomic mass is 16.1. The van der Waals surface area contributed by atoms with E-state index in [0.717, 1.165) is 30.8 Å². The highest BCUT2D eigenvalue weighted by Crippen LogP contribution is 2.11.